The number of rotatable bonds is 6. The molecule has 1 heterocycles. The van der Waals surface area contributed by atoms with Gasteiger partial charge in [0.25, 0.3) is 5.91 Å². The van der Waals surface area contributed by atoms with Gasteiger partial charge in [-0.15, -0.1) is 0 Å². The molecule has 0 fully saturated rings. The molecule has 0 aliphatic carbocycles. The summed E-state index contributed by atoms with van der Waals surface area (Å²) in [6.07, 6.45) is 0. The standard InChI is InChI=1S/C30H28N2O2/c1-21-14-17-25(18-15-21)31-30(27-20-22(2)16-19-26(27)29(33)32(30)34-3)28(23-10-6-4-7-11-23)24-12-8-5-9-13-24/h4-20,28,31H,1-3H3. The van der Waals surface area contributed by atoms with Crippen LogP contribution in [0, 0.1) is 13.8 Å². The number of carbonyl (C=O) groups is 1. The van der Waals surface area contributed by atoms with Crippen molar-refractivity contribution in [3.05, 3.63) is 137 Å². The predicted molar refractivity (Wildman–Crippen MR) is 136 cm³/mol. The minimum atomic E-state index is -1.01. The smallest absolute Gasteiger partial charge is 0.280 e. The van der Waals surface area contributed by atoms with E-state index in [4.69, 9.17) is 4.84 Å². The van der Waals surface area contributed by atoms with E-state index in [2.05, 4.69) is 73.8 Å². The summed E-state index contributed by atoms with van der Waals surface area (Å²) in [6.45, 7) is 4.12. The lowest BCUT2D eigenvalue weighted by Crippen LogP contribution is -2.53. The highest BCUT2D eigenvalue weighted by Gasteiger charge is 2.56. The van der Waals surface area contributed by atoms with E-state index >= 15 is 0 Å². The Bertz CT molecular complexity index is 1260. The first kappa shape index (κ1) is 21.9. The fourth-order valence-electron chi connectivity index (χ4n) is 5.05. The number of carbonyl (C=O) groups excluding carboxylic acids is 1. The molecule has 0 aromatic heterocycles. The lowest BCUT2D eigenvalue weighted by atomic mass is 9.76. The van der Waals surface area contributed by atoms with Gasteiger partial charge in [0, 0.05) is 16.8 Å². The Hall–Kier alpha value is -3.89. The molecule has 0 radical (unpaired) electrons. The monoisotopic (exact) mass is 448 g/mol. The van der Waals surface area contributed by atoms with Crippen LogP contribution in [0.2, 0.25) is 0 Å². The molecule has 1 amide bonds. The first-order valence-electron chi connectivity index (χ1n) is 11.5. The molecule has 4 aromatic carbocycles. The summed E-state index contributed by atoms with van der Waals surface area (Å²) in [5.74, 6) is -0.405. The zero-order valence-electron chi connectivity index (χ0n) is 19.7. The number of aryl methyl sites for hydroxylation is 2. The quantitative estimate of drug-likeness (QED) is 0.370. The fraction of sp³-hybridized carbons (Fsp3) is 0.167. The highest BCUT2D eigenvalue weighted by atomic mass is 16.7. The molecular weight excluding hydrogens is 420 g/mol. The molecule has 0 bridgehead atoms. The largest absolute Gasteiger partial charge is 0.356 e. The Kier molecular flexibility index (Phi) is 5.68. The van der Waals surface area contributed by atoms with Gasteiger partial charge in [0.15, 0.2) is 5.66 Å². The molecule has 1 aliphatic heterocycles. The highest BCUT2D eigenvalue weighted by molar-refractivity contribution is 6.00. The minimum Gasteiger partial charge on any atom is -0.356 e. The molecule has 1 aliphatic rings. The summed E-state index contributed by atoms with van der Waals surface area (Å²) < 4.78 is 0. The molecular formula is C30H28N2O2. The number of hydrogen-bond acceptors (Lipinski definition) is 3. The third-order valence-electron chi connectivity index (χ3n) is 6.57. The van der Waals surface area contributed by atoms with E-state index in [1.165, 1.54) is 10.6 Å². The second-order valence-electron chi connectivity index (χ2n) is 8.84. The number of fused-ring (bicyclic) bond motifs is 1. The molecule has 0 saturated carbocycles. The topological polar surface area (TPSA) is 41.6 Å². The van der Waals surface area contributed by atoms with Crippen LogP contribution in [-0.4, -0.2) is 18.1 Å². The van der Waals surface area contributed by atoms with Crippen LogP contribution in [0.25, 0.3) is 0 Å². The van der Waals surface area contributed by atoms with Crippen molar-refractivity contribution < 1.29 is 9.63 Å². The first-order valence-corrected chi connectivity index (χ1v) is 11.5. The molecule has 5 rings (SSSR count). The summed E-state index contributed by atoms with van der Waals surface area (Å²) in [6, 6.07) is 34.9. The zero-order valence-corrected chi connectivity index (χ0v) is 19.7. The van der Waals surface area contributed by atoms with E-state index in [0.29, 0.717) is 5.56 Å². The van der Waals surface area contributed by atoms with Crippen molar-refractivity contribution in [3.8, 4) is 0 Å². The lowest BCUT2D eigenvalue weighted by molar-refractivity contribution is -0.155. The van der Waals surface area contributed by atoms with E-state index < -0.39 is 5.66 Å². The number of nitrogens with one attached hydrogen (secondary N) is 1. The number of anilines is 1. The summed E-state index contributed by atoms with van der Waals surface area (Å²) in [4.78, 5) is 19.6. The van der Waals surface area contributed by atoms with Gasteiger partial charge in [-0.1, -0.05) is 96.1 Å². The maximum atomic E-state index is 13.7. The van der Waals surface area contributed by atoms with Crippen LogP contribution >= 0.6 is 0 Å². The number of hydroxylamine groups is 2. The number of benzene rings is 4. The minimum absolute atomic E-state index is 0.158. The summed E-state index contributed by atoms with van der Waals surface area (Å²) in [5, 5.41) is 5.29. The third-order valence-corrected chi connectivity index (χ3v) is 6.57. The molecule has 34 heavy (non-hydrogen) atoms. The van der Waals surface area contributed by atoms with Gasteiger partial charge in [-0.3, -0.25) is 9.63 Å². The second kappa shape index (κ2) is 8.81. The average molecular weight is 449 g/mol. The average Bonchev–Trinajstić information content (AvgIpc) is 3.09. The summed E-state index contributed by atoms with van der Waals surface area (Å²) >= 11 is 0. The van der Waals surface area contributed by atoms with Gasteiger partial charge >= 0.3 is 0 Å². The molecule has 4 nitrogen and oxygen atoms in total. The second-order valence-corrected chi connectivity index (χ2v) is 8.84. The van der Waals surface area contributed by atoms with Crippen LogP contribution in [0.3, 0.4) is 0 Å². The van der Waals surface area contributed by atoms with Crippen LogP contribution in [0.5, 0.6) is 0 Å². The van der Waals surface area contributed by atoms with Crippen molar-refractivity contribution in [1.82, 2.24) is 5.06 Å². The number of amides is 1. The Morgan fingerprint density at radius 2 is 1.32 bits per heavy atom. The Morgan fingerprint density at radius 3 is 1.88 bits per heavy atom. The van der Waals surface area contributed by atoms with E-state index in [1.54, 1.807) is 7.11 Å². The van der Waals surface area contributed by atoms with Gasteiger partial charge in [0.2, 0.25) is 0 Å². The summed E-state index contributed by atoms with van der Waals surface area (Å²) in [7, 11) is 1.56. The van der Waals surface area contributed by atoms with Crippen LogP contribution in [0.15, 0.2) is 103 Å². The van der Waals surface area contributed by atoms with Gasteiger partial charge in [-0.2, -0.15) is 5.06 Å². The van der Waals surface area contributed by atoms with Crippen molar-refractivity contribution in [3.63, 3.8) is 0 Å². The third kappa shape index (κ3) is 3.57. The van der Waals surface area contributed by atoms with E-state index in [0.717, 1.165) is 27.9 Å². The highest BCUT2D eigenvalue weighted by Crippen LogP contribution is 2.51. The van der Waals surface area contributed by atoms with Crippen LogP contribution < -0.4 is 5.32 Å². The Morgan fingerprint density at radius 1 is 0.765 bits per heavy atom. The van der Waals surface area contributed by atoms with Gasteiger partial charge in [-0.25, -0.2) is 0 Å². The fourth-order valence-corrected chi connectivity index (χ4v) is 5.05. The van der Waals surface area contributed by atoms with Crippen LogP contribution in [0.1, 0.15) is 44.1 Å². The van der Waals surface area contributed by atoms with Crippen molar-refractivity contribution in [2.75, 3.05) is 12.4 Å². The molecule has 1 atom stereocenters. The number of nitrogens with zero attached hydrogens (tertiary/aromatic N) is 1. The molecule has 170 valence electrons. The Balaban J connectivity index is 1.85. The Labute approximate surface area is 200 Å². The van der Waals surface area contributed by atoms with Gasteiger partial charge in [0.05, 0.1) is 13.0 Å². The van der Waals surface area contributed by atoms with Gasteiger partial charge in [0.1, 0.15) is 0 Å². The molecule has 0 saturated heterocycles. The maximum Gasteiger partial charge on any atom is 0.280 e. The molecule has 4 heteroatoms. The van der Waals surface area contributed by atoms with Crippen LogP contribution in [0.4, 0.5) is 5.69 Å². The van der Waals surface area contributed by atoms with E-state index in [1.807, 2.05) is 48.5 Å². The van der Waals surface area contributed by atoms with E-state index in [9.17, 15) is 4.79 Å². The van der Waals surface area contributed by atoms with E-state index in [-0.39, 0.29) is 11.8 Å². The maximum absolute atomic E-state index is 13.7. The van der Waals surface area contributed by atoms with Crippen molar-refractivity contribution in [2.45, 2.75) is 25.4 Å². The summed E-state index contributed by atoms with van der Waals surface area (Å²) in [5.41, 5.74) is 5.86. The van der Waals surface area contributed by atoms with Crippen molar-refractivity contribution in [1.29, 1.82) is 0 Å². The number of hydrogen-bond donors (Lipinski definition) is 1. The zero-order chi connectivity index (χ0) is 23.7. The normalized spacial score (nSPS) is 17.2. The molecule has 1 unspecified atom stereocenters. The van der Waals surface area contributed by atoms with Gasteiger partial charge < -0.3 is 5.32 Å². The molecule has 4 aromatic rings. The lowest BCUT2D eigenvalue weighted by Gasteiger charge is -2.45. The van der Waals surface area contributed by atoms with Crippen molar-refractivity contribution in [2.24, 2.45) is 0 Å². The SMILES string of the molecule is CON1C(=O)c2ccc(C)cc2C1(Nc1ccc(C)cc1)C(c1ccccc1)c1ccccc1. The predicted octanol–water partition coefficient (Wildman–Crippen LogP) is 6.42. The molecule has 1 N–H and O–H groups in total. The first-order chi connectivity index (χ1) is 16.5. The van der Waals surface area contributed by atoms with Crippen LogP contribution in [-0.2, 0) is 10.5 Å². The van der Waals surface area contributed by atoms with Gasteiger partial charge in [-0.05, 0) is 43.2 Å². The van der Waals surface area contributed by atoms with Crippen molar-refractivity contribution >= 4 is 11.6 Å². The molecule has 0 spiro atoms.